The fraction of sp³-hybridized carbons (Fsp3) is 0.111. The van der Waals surface area contributed by atoms with Gasteiger partial charge < -0.3 is 4.74 Å². The molecule has 0 atom stereocenters. The minimum atomic E-state index is -0.272. The molecule has 1 aromatic heterocycles. The van der Waals surface area contributed by atoms with E-state index in [0.717, 1.165) is 10.7 Å². The van der Waals surface area contributed by atoms with Crippen molar-refractivity contribution in [2.24, 2.45) is 0 Å². The number of benzene rings is 3. The lowest BCUT2D eigenvalue weighted by molar-refractivity contribution is 0.414. The van der Waals surface area contributed by atoms with Crippen molar-refractivity contribution in [1.29, 1.82) is 0 Å². The molecule has 3 aromatic carbocycles. The highest BCUT2D eigenvalue weighted by atomic mass is 35.5. The van der Waals surface area contributed by atoms with Gasteiger partial charge in [-0.05, 0) is 72.0 Å². The van der Waals surface area contributed by atoms with Crippen LogP contribution < -0.4 is 10.4 Å². The zero-order chi connectivity index (χ0) is 23.9. The maximum atomic E-state index is 13.3. The summed E-state index contributed by atoms with van der Waals surface area (Å²) >= 11 is 7.78. The Morgan fingerprint density at radius 1 is 1.00 bits per heavy atom. The van der Waals surface area contributed by atoms with Crippen LogP contribution in [0.1, 0.15) is 18.3 Å². The van der Waals surface area contributed by atoms with Crippen molar-refractivity contribution < 1.29 is 4.74 Å². The number of rotatable bonds is 8. The Labute approximate surface area is 208 Å². The van der Waals surface area contributed by atoms with Crippen molar-refractivity contribution in [2.75, 3.05) is 7.11 Å². The highest BCUT2D eigenvalue weighted by molar-refractivity contribution is 8.02. The highest BCUT2D eigenvalue weighted by Crippen LogP contribution is 2.21. The molecule has 0 bridgehead atoms. The van der Waals surface area contributed by atoms with E-state index in [2.05, 4.69) is 24.2 Å². The van der Waals surface area contributed by atoms with E-state index in [4.69, 9.17) is 16.3 Å². The first kappa shape index (κ1) is 23.7. The molecule has 4 rings (SSSR count). The smallest absolute Gasteiger partial charge is 0.355 e. The van der Waals surface area contributed by atoms with Gasteiger partial charge in [0.1, 0.15) is 5.75 Å². The van der Waals surface area contributed by atoms with Gasteiger partial charge in [0.2, 0.25) is 0 Å². The summed E-state index contributed by atoms with van der Waals surface area (Å²) in [5.74, 6) is 2.13. The quantitative estimate of drug-likeness (QED) is 0.264. The number of thioether (sulfide) groups is 1. The predicted molar refractivity (Wildman–Crippen MR) is 141 cm³/mol. The summed E-state index contributed by atoms with van der Waals surface area (Å²) in [6.07, 6.45) is 5.78. The third-order valence-electron chi connectivity index (χ3n) is 5.09. The van der Waals surface area contributed by atoms with E-state index in [0.29, 0.717) is 28.0 Å². The van der Waals surface area contributed by atoms with E-state index in [1.165, 1.54) is 10.2 Å². The average molecular weight is 490 g/mol. The predicted octanol–water partition coefficient (Wildman–Crippen LogP) is 6.54. The maximum Gasteiger partial charge on any atom is 0.355 e. The number of halogens is 1. The number of methoxy groups -OCH3 is 1. The van der Waals surface area contributed by atoms with E-state index < -0.39 is 0 Å². The largest absolute Gasteiger partial charge is 0.497 e. The van der Waals surface area contributed by atoms with Gasteiger partial charge in [-0.1, -0.05) is 54.1 Å². The van der Waals surface area contributed by atoms with Crippen LogP contribution in [0.5, 0.6) is 5.75 Å². The molecule has 0 amide bonds. The van der Waals surface area contributed by atoms with Crippen LogP contribution in [0.4, 0.5) is 0 Å². The van der Waals surface area contributed by atoms with E-state index in [9.17, 15) is 4.79 Å². The second-order valence-corrected chi connectivity index (χ2v) is 9.13. The number of aromatic nitrogens is 3. The maximum absolute atomic E-state index is 13.3. The van der Waals surface area contributed by atoms with Crippen LogP contribution in [0.2, 0.25) is 5.02 Å². The van der Waals surface area contributed by atoms with Crippen molar-refractivity contribution in [3.8, 4) is 17.1 Å². The van der Waals surface area contributed by atoms with Gasteiger partial charge in [-0.25, -0.2) is 9.36 Å². The Kier molecular flexibility index (Phi) is 7.72. The molecule has 0 aliphatic carbocycles. The van der Waals surface area contributed by atoms with Crippen LogP contribution in [0.15, 0.2) is 101 Å². The summed E-state index contributed by atoms with van der Waals surface area (Å²) in [5.41, 5.74) is 2.34. The zero-order valence-electron chi connectivity index (χ0n) is 18.9. The molecule has 7 heteroatoms. The number of ether oxygens (including phenoxy) is 1. The van der Waals surface area contributed by atoms with Gasteiger partial charge in [0.05, 0.1) is 18.5 Å². The summed E-state index contributed by atoms with van der Waals surface area (Å²) in [7, 11) is 1.61. The number of hydrogen-bond donors (Lipinski definition) is 0. The number of hydrogen-bond acceptors (Lipinski definition) is 4. The Bertz CT molecular complexity index is 1360. The van der Waals surface area contributed by atoms with Crippen LogP contribution >= 0.6 is 23.4 Å². The van der Waals surface area contributed by atoms with Crippen molar-refractivity contribution in [3.63, 3.8) is 0 Å². The second kappa shape index (κ2) is 11.1. The lowest BCUT2D eigenvalue weighted by atomic mass is 10.2. The van der Waals surface area contributed by atoms with Crippen molar-refractivity contribution in [1.82, 2.24) is 14.3 Å². The minimum Gasteiger partial charge on any atom is -0.497 e. The molecule has 0 radical (unpaired) electrons. The van der Waals surface area contributed by atoms with Crippen LogP contribution in [0, 0.1) is 0 Å². The van der Waals surface area contributed by atoms with E-state index in [1.54, 1.807) is 47.7 Å². The monoisotopic (exact) mass is 489 g/mol. The van der Waals surface area contributed by atoms with Crippen LogP contribution in [-0.4, -0.2) is 21.5 Å². The van der Waals surface area contributed by atoms with Crippen molar-refractivity contribution in [3.05, 3.63) is 123 Å². The molecule has 0 N–H and O–H groups in total. The van der Waals surface area contributed by atoms with Crippen LogP contribution in [0.25, 0.3) is 17.5 Å². The van der Waals surface area contributed by atoms with E-state index in [1.807, 2.05) is 60.7 Å². The number of nitrogens with zero attached hydrogens (tertiary/aromatic N) is 3. The molecular formula is C27H24ClN3O2S. The molecule has 0 aliphatic rings. The van der Waals surface area contributed by atoms with Gasteiger partial charge >= 0.3 is 5.69 Å². The molecule has 34 heavy (non-hydrogen) atoms. The summed E-state index contributed by atoms with van der Waals surface area (Å²) in [5, 5.41) is 5.19. The molecule has 0 aliphatic heterocycles. The first-order valence-electron chi connectivity index (χ1n) is 10.7. The molecular weight excluding hydrogens is 466 g/mol. The van der Waals surface area contributed by atoms with E-state index >= 15 is 0 Å². The standard InChI is InChI=1S/C27H24ClN3O2S/c1-20(34-19-21-8-4-3-5-9-21)7-6-10-26-29-31(24-13-11-22(28)12-14-24)27(32)30(26)23-15-17-25(33-2)18-16-23/h3-18H,19H2,1-2H3/b10-6-,20-7+. The molecule has 0 saturated carbocycles. The normalized spacial score (nSPS) is 11.8. The third kappa shape index (κ3) is 5.71. The molecule has 1 heterocycles. The van der Waals surface area contributed by atoms with Gasteiger partial charge in [0.25, 0.3) is 0 Å². The van der Waals surface area contributed by atoms with Crippen LogP contribution in [0.3, 0.4) is 0 Å². The molecule has 5 nitrogen and oxygen atoms in total. The fourth-order valence-corrected chi connectivity index (χ4v) is 4.19. The molecule has 172 valence electrons. The zero-order valence-corrected chi connectivity index (χ0v) is 20.5. The third-order valence-corrected chi connectivity index (χ3v) is 6.41. The molecule has 4 aromatic rings. The van der Waals surface area contributed by atoms with Crippen LogP contribution in [-0.2, 0) is 5.75 Å². The van der Waals surface area contributed by atoms with Crippen molar-refractivity contribution in [2.45, 2.75) is 12.7 Å². The molecule has 0 spiro atoms. The first-order chi connectivity index (χ1) is 16.5. The number of allylic oxidation sites excluding steroid dienone is 3. The Balaban J connectivity index is 1.65. The molecule has 0 unspecified atom stereocenters. The minimum absolute atomic E-state index is 0.272. The first-order valence-corrected chi connectivity index (χ1v) is 12.1. The lowest BCUT2D eigenvalue weighted by Gasteiger charge is -2.05. The summed E-state index contributed by atoms with van der Waals surface area (Å²) in [6, 6.07) is 24.7. The van der Waals surface area contributed by atoms with Gasteiger partial charge in [0.15, 0.2) is 5.82 Å². The van der Waals surface area contributed by atoms with Gasteiger partial charge in [-0.2, -0.15) is 4.68 Å². The Morgan fingerprint density at radius 2 is 1.68 bits per heavy atom. The SMILES string of the molecule is COc1ccc(-n2c(/C=C\C=C(/C)SCc3ccccc3)nn(-c3ccc(Cl)cc3)c2=O)cc1. The van der Waals surface area contributed by atoms with Gasteiger partial charge in [-0.3, -0.25) is 0 Å². The second-order valence-electron chi connectivity index (χ2n) is 7.47. The average Bonchev–Trinajstić information content (AvgIpc) is 3.19. The highest BCUT2D eigenvalue weighted by Gasteiger charge is 2.14. The van der Waals surface area contributed by atoms with Gasteiger partial charge in [-0.15, -0.1) is 16.9 Å². The summed E-state index contributed by atoms with van der Waals surface area (Å²) in [4.78, 5) is 14.5. The molecule has 0 saturated heterocycles. The fourth-order valence-electron chi connectivity index (χ4n) is 3.30. The molecule has 0 fully saturated rings. The summed E-state index contributed by atoms with van der Waals surface area (Å²) < 4.78 is 8.20. The topological polar surface area (TPSA) is 49.0 Å². The summed E-state index contributed by atoms with van der Waals surface area (Å²) in [6.45, 7) is 2.07. The Hall–Kier alpha value is -3.48. The van der Waals surface area contributed by atoms with E-state index in [-0.39, 0.29) is 5.69 Å². The van der Waals surface area contributed by atoms with Crippen molar-refractivity contribution >= 4 is 29.4 Å². The van der Waals surface area contributed by atoms with Gasteiger partial charge in [0, 0.05) is 10.8 Å². The Morgan fingerprint density at radius 3 is 2.35 bits per heavy atom. The lowest BCUT2D eigenvalue weighted by Crippen LogP contribution is -2.22.